The topological polar surface area (TPSA) is 69.9 Å². The van der Waals surface area contributed by atoms with Crippen molar-refractivity contribution >= 4 is 11.9 Å². The van der Waals surface area contributed by atoms with E-state index in [1.807, 2.05) is 25.4 Å². The molecule has 1 aromatic rings. The third kappa shape index (κ3) is 1.81. The number of rotatable bonds is 2. The van der Waals surface area contributed by atoms with Gasteiger partial charge in [0.1, 0.15) is 0 Å². The maximum atomic E-state index is 5.56. The van der Waals surface area contributed by atoms with Crippen LogP contribution in [0, 0.1) is 0 Å². The number of nitrogen functional groups attached to an aromatic ring is 1. The van der Waals surface area contributed by atoms with Crippen molar-refractivity contribution in [1.82, 2.24) is 9.78 Å². The second-order valence-electron chi connectivity index (χ2n) is 2.28. The molecule has 0 aliphatic rings. The number of hydrogen-bond acceptors (Lipinski definition) is 3. The van der Waals surface area contributed by atoms with Crippen molar-refractivity contribution in [2.24, 2.45) is 12.8 Å². The van der Waals surface area contributed by atoms with Crippen LogP contribution >= 0.6 is 0 Å². The van der Waals surface area contributed by atoms with Gasteiger partial charge >= 0.3 is 0 Å². The molecule has 4 N–H and O–H groups in total. The van der Waals surface area contributed by atoms with Crippen LogP contribution in [0.1, 0.15) is 5.56 Å². The van der Waals surface area contributed by atoms with E-state index in [-0.39, 0.29) is 0 Å². The van der Waals surface area contributed by atoms with E-state index in [9.17, 15) is 0 Å². The molecule has 1 aromatic heterocycles. The van der Waals surface area contributed by atoms with Gasteiger partial charge in [0.2, 0.25) is 0 Å². The van der Waals surface area contributed by atoms with E-state index in [4.69, 9.17) is 11.5 Å². The van der Waals surface area contributed by atoms with Gasteiger partial charge in [-0.2, -0.15) is 5.10 Å². The molecular formula is C7H12N4. The number of hydrogen-bond donors (Lipinski definition) is 2. The zero-order chi connectivity index (χ0) is 8.27. The summed E-state index contributed by atoms with van der Waals surface area (Å²) in [5.74, 6) is 0.539. The van der Waals surface area contributed by atoms with Gasteiger partial charge in [-0.15, -0.1) is 0 Å². The van der Waals surface area contributed by atoms with Gasteiger partial charge in [0.15, 0.2) is 5.82 Å². The lowest BCUT2D eigenvalue weighted by Gasteiger charge is -1.84. The molecule has 60 valence electrons. The van der Waals surface area contributed by atoms with Gasteiger partial charge in [0, 0.05) is 25.4 Å². The monoisotopic (exact) mass is 152 g/mol. The Balaban J connectivity index is 2.85. The highest BCUT2D eigenvalue weighted by Gasteiger charge is 1.97. The van der Waals surface area contributed by atoms with Gasteiger partial charge < -0.3 is 11.5 Å². The van der Waals surface area contributed by atoms with Crippen molar-refractivity contribution in [2.45, 2.75) is 0 Å². The zero-order valence-corrected chi connectivity index (χ0v) is 6.49. The first-order valence-corrected chi connectivity index (χ1v) is 3.39. The average Bonchev–Trinajstić information content (AvgIpc) is 2.26. The molecule has 0 saturated carbocycles. The molecule has 0 aliphatic carbocycles. The van der Waals surface area contributed by atoms with Gasteiger partial charge in [-0.25, -0.2) is 0 Å². The van der Waals surface area contributed by atoms with Crippen LogP contribution in [0.4, 0.5) is 5.82 Å². The van der Waals surface area contributed by atoms with E-state index in [2.05, 4.69) is 5.10 Å². The molecule has 0 aromatic carbocycles. The molecule has 11 heavy (non-hydrogen) atoms. The highest BCUT2D eigenvalue weighted by molar-refractivity contribution is 5.60. The summed E-state index contributed by atoms with van der Waals surface area (Å²) in [7, 11) is 1.83. The SMILES string of the molecule is Cn1cc(C=CCN)c(N)n1. The summed E-state index contributed by atoms with van der Waals surface area (Å²) in [5, 5.41) is 3.97. The average molecular weight is 152 g/mol. The number of anilines is 1. The fourth-order valence-corrected chi connectivity index (χ4v) is 0.847. The Kier molecular flexibility index (Phi) is 2.28. The third-order valence-corrected chi connectivity index (χ3v) is 1.32. The van der Waals surface area contributed by atoms with Crippen LogP contribution in [-0.4, -0.2) is 16.3 Å². The van der Waals surface area contributed by atoms with E-state index < -0.39 is 0 Å². The molecule has 0 amide bonds. The highest BCUT2D eigenvalue weighted by Crippen LogP contribution is 2.08. The van der Waals surface area contributed by atoms with Crippen molar-refractivity contribution < 1.29 is 0 Å². The normalized spacial score (nSPS) is 11.1. The van der Waals surface area contributed by atoms with Crippen molar-refractivity contribution in [2.75, 3.05) is 12.3 Å². The van der Waals surface area contributed by atoms with Crippen LogP contribution < -0.4 is 11.5 Å². The fourth-order valence-electron chi connectivity index (χ4n) is 0.847. The van der Waals surface area contributed by atoms with Crippen LogP contribution in [-0.2, 0) is 7.05 Å². The molecular weight excluding hydrogens is 140 g/mol. The summed E-state index contributed by atoms with van der Waals surface area (Å²) < 4.78 is 1.67. The van der Waals surface area contributed by atoms with E-state index in [1.54, 1.807) is 4.68 Å². The van der Waals surface area contributed by atoms with Crippen molar-refractivity contribution in [3.8, 4) is 0 Å². The van der Waals surface area contributed by atoms with Gasteiger partial charge in [-0.3, -0.25) is 4.68 Å². The maximum absolute atomic E-state index is 5.56. The lowest BCUT2D eigenvalue weighted by atomic mass is 10.3. The highest BCUT2D eigenvalue weighted by atomic mass is 15.3. The third-order valence-electron chi connectivity index (χ3n) is 1.32. The van der Waals surface area contributed by atoms with Crippen LogP contribution in [0.5, 0.6) is 0 Å². The summed E-state index contributed by atoms with van der Waals surface area (Å²) in [6, 6.07) is 0. The van der Waals surface area contributed by atoms with Gasteiger partial charge in [-0.1, -0.05) is 12.2 Å². The van der Waals surface area contributed by atoms with Crippen LogP contribution in [0.25, 0.3) is 6.08 Å². The van der Waals surface area contributed by atoms with Gasteiger partial charge in [0.05, 0.1) is 0 Å². The Labute approximate surface area is 65.5 Å². The summed E-state index contributed by atoms with van der Waals surface area (Å²) in [6.45, 7) is 0.522. The zero-order valence-electron chi connectivity index (χ0n) is 6.49. The number of nitrogens with zero attached hydrogens (tertiary/aromatic N) is 2. The molecule has 1 rings (SSSR count). The van der Waals surface area contributed by atoms with Crippen molar-refractivity contribution in [3.05, 3.63) is 17.8 Å². The van der Waals surface area contributed by atoms with Crippen LogP contribution in [0.15, 0.2) is 12.3 Å². The lowest BCUT2D eigenvalue weighted by Crippen LogP contribution is -1.92. The molecule has 0 saturated heterocycles. The molecule has 0 atom stereocenters. The first-order chi connectivity index (χ1) is 5.24. The second kappa shape index (κ2) is 3.21. The molecule has 0 bridgehead atoms. The Bertz CT molecular complexity index is 261. The first-order valence-electron chi connectivity index (χ1n) is 3.39. The lowest BCUT2D eigenvalue weighted by molar-refractivity contribution is 0.772. The molecule has 1 heterocycles. The number of nitrogens with two attached hydrogens (primary N) is 2. The standard InChI is InChI=1S/C7H12N4/c1-11-5-6(3-2-4-8)7(9)10-11/h2-3,5H,4,8H2,1H3,(H2,9,10). The Hall–Kier alpha value is -1.29. The van der Waals surface area contributed by atoms with Gasteiger partial charge in [0.25, 0.3) is 0 Å². The maximum Gasteiger partial charge on any atom is 0.152 e. The molecule has 0 unspecified atom stereocenters. The van der Waals surface area contributed by atoms with Gasteiger partial charge in [-0.05, 0) is 0 Å². The minimum atomic E-state index is 0.522. The number of aryl methyl sites for hydroxylation is 1. The van der Waals surface area contributed by atoms with Crippen molar-refractivity contribution in [3.63, 3.8) is 0 Å². The van der Waals surface area contributed by atoms with Crippen LogP contribution in [0.3, 0.4) is 0 Å². The second-order valence-corrected chi connectivity index (χ2v) is 2.28. The van der Waals surface area contributed by atoms with E-state index in [0.717, 1.165) is 5.56 Å². The summed E-state index contributed by atoms with van der Waals surface area (Å²) in [6.07, 6.45) is 5.55. The summed E-state index contributed by atoms with van der Waals surface area (Å²) >= 11 is 0. The Morgan fingerprint density at radius 2 is 2.45 bits per heavy atom. The smallest absolute Gasteiger partial charge is 0.152 e. The Morgan fingerprint density at radius 3 is 2.91 bits per heavy atom. The number of aromatic nitrogens is 2. The van der Waals surface area contributed by atoms with Crippen molar-refractivity contribution in [1.29, 1.82) is 0 Å². The largest absolute Gasteiger partial charge is 0.382 e. The quantitative estimate of drug-likeness (QED) is 0.625. The first kappa shape index (κ1) is 7.81. The minimum absolute atomic E-state index is 0.522. The molecule has 4 heteroatoms. The minimum Gasteiger partial charge on any atom is -0.382 e. The summed E-state index contributed by atoms with van der Waals surface area (Å²) in [5.41, 5.74) is 11.8. The molecule has 0 spiro atoms. The molecule has 0 aliphatic heterocycles. The van der Waals surface area contributed by atoms with Crippen LogP contribution in [0.2, 0.25) is 0 Å². The molecule has 4 nitrogen and oxygen atoms in total. The molecule has 0 radical (unpaired) electrons. The molecule has 0 fully saturated rings. The van der Waals surface area contributed by atoms with E-state index >= 15 is 0 Å². The Morgan fingerprint density at radius 1 is 1.73 bits per heavy atom. The van der Waals surface area contributed by atoms with E-state index in [0.29, 0.717) is 12.4 Å². The predicted molar refractivity (Wildman–Crippen MR) is 45.7 cm³/mol. The van der Waals surface area contributed by atoms with E-state index in [1.165, 1.54) is 0 Å². The summed E-state index contributed by atoms with van der Waals surface area (Å²) in [4.78, 5) is 0. The fraction of sp³-hybridized carbons (Fsp3) is 0.286. The predicted octanol–water partition coefficient (Wildman–Crippen LogP) is -0.0258.